The second-order valence-corrected chi connectivity index (χ2v) is 4.09. The highest BCUT2D eigenvalue weighted by Gasteiger charge is 2.17. The van der Waals surface area contributed by atoms with Crippen molar-refractivity contribution in [2.45, 2.75) is 25.7 Å². The minimum atomic E-state index is -1.22. The summed E-state index contributed by atoms with van der Waals surface area (Å²) in [6.45, 7) is -0.346. The number of benzene rings is 1. The molecule has 1 aromatic carbocycles. The number of aryl methyl sites for hydroxylation is 1. The van der Waals surface area contributed by atoms with Crippen molar-refractivity contribution in [2.24, 2.45) is 5.90 Å². The van der Waals surface area contributed by atoms with E-state index >= 15 is 0 Å². The average Bonchev–Trinajstić information content (AvgIpc) is 2.42. The van der Waals surface area contributed by atoms with Gasteiger partial charge in [0.05, 0.1) is 17.8 Å². The predicted molar refractivity (Wildman–Crippen MR) is 66.5 cm³/mol. The smallest absolute Gasteiger partial charge is 0.357 e. The predicted octanol–water partition coefficient (Wildman–Crippen LogP) is 2.10. The highest BCUT2D eigenvalue weighted by Crippen LogP contribution is 2.15. The number of carboxylic acid groups (broad SMARTS) is 1. The molecule has 1 rings (SSSR count). The molecular formula is C13H16FNO4. The summed E-state index contributed by atoms with van der Waals surface area (Å²) in [6, 6.07) is 4.45. The van der Waals surface area contributed by atoms with Gasteiger partial charge < -0.3 is 9.94 Å². The Kier molecular flexibility index (Phi) is 5.95. The van der Waals surface area contributed by atoms with Crippen LogP contribution in [0.3, 0.4) is 0 Å². The molecule has 0 unspecified atom stereocenters. The number of hydrogen-bond donors (Lipinski definition) is 2. The van der Waals surface area contributed by atoms with E-state index in [9.17, 15) is 14.0 Å². The summed E-state index contributed by atoms with van der Waals surface area (Å²) in [5.74, 6) is 2.64. The Morgan fingerprint density at radius 3 is 2.53 bits per heavy atom. The standard InChI is InChI=1S/C13H16FNO4/c14-7-3-1-2-4-9-5-6-10(13(18)19-15)11(8-9)12(16)17/h5-6,8H,1-4,7,15H2,(H,16,17). The molecule has 5 nitrogen and oxygen atoms in total. The lowest BCUT2D eigenvalue weighted by molar-refractivity contribution is 0.0493. The minimum Gasteiger partial charge on any atom is -0.478 e. The topological polar surface area (TPSA) is 89.6 Å². The summed E-state index contributed by atoms with van der Waals surface area (Å²) in [5, 5.41) is 9.05. The van der Waals surface area contributed by atoms with Crippen LogP contribution < -0.4 is 5.90 Å². The third-order valence-electron chi connectivity index (χ3n) is 2.74. The van der Waals surface area contributed by atoms with Crippen molar-refractivity contribution in [3.05, 3.63) is 34.9 Å². The Labute approximate surface area is 110 Å². The summed E-state index contributed by atoms with van der Waals surface area (Å²) in [7, 11) is 0. The number of carbonyl (C=O) groups is 2. The first-order valence-corrected chi connectivity index (χ1v) is 5.93. The third kappa shape index (κ3) is 4.33. The van der Waals surface area contributed by atoms with E-state index in [1.165, 1.54) is 12.1 Å². The van der Waals surface area contributed by atoms with Gasteiger partial charge in [0.15, 0.2) is 0 Å². The van der Waals surface area contributed by atoms with Crippen LogP contribution in [0, 0.1) is 0 Å². The Balaban J connectivity index is 2.84. The molecule has 0 atom stereocenters. The zero-order chi connectivity index (χ0) is 14.3. The Morgan fingerprint density at radius 1 is 1.21 bits per heavy atom. The van der Waals surface area contributed by atoms with Gasteiger partial charge in [0, 0.05) is 0 Å². The van der Waals surface area contributed by atoms with E-state index in [1.54, 1.807) is 6.07 Å². The molecule has 0 amide bonds. The zero-order valence-electron chi connectivity index (χ0n) is 10.4. The molecular weight excluding hydrogens is 253 g/mol. The van der Waals surface area contributed by atoms with Crippen LogP contribution in [-0.2, 0) is 11.3 Å². The summed E-state index contributed by atoms with van der Waals surface area (Å²) >= 11 is 0. The molecule has 0 saturated heterocycles. The lowest BCUT2D eigenvalue weighted by Gasteiger charge is -2.07. The fourth-order valence-corrected chi connectivity index (χ4v) is 1.77. The Hall–Kier alpha value is -1.95. The highest BCUT2D eigenvalue weighted by atomic mass is 19.1. The van der Waals surface area contributed by atoms with Gasteiger partial charge in [0.2, 0.25) is 0 Å². The van der Waals surface area contributed by atoms with E-state index in [0.717, 1.165) is 18.4 Å². The van der Waals surface area contributed by atoms with Crippen molar-refractivity contribution in [3.63, 3.8) is 0 Å². The van der Waals surface area contributed by atoms with Crippen LogP contribution in [0.1, 0.15) is 45.5 Å². The first kappa shape index (κ1) is 15.1. The zero-order valence-corrected chi connectivity index (χ0v) is 10.4. The van der Waals surface area contributed by atoms with Gasteiger partial charge >= 0.3 is 11.9 Å². The molecule has 104 valence electrons. The molecule has 19 heavy (non-hydrogen) atoms. The Bertz CT molecular complexity index is 462. The molecule has 1 aromatic rings. The van der Waals surface area contributed by atoms with E-state index in [2.05, 4.69) is 4.84 Å². The van der Waals surface area contributed by atoms with Gasteiger partial charge in [0.25, 0.3) is 0 Å². The van der Waals surface area contributed by atoms with Crippen molar-refractivity contribution in [2.75, 3.05) is 6.67 Å². The second-order valence-electron chi connectivity index (χ2n) is 4.09. The summed E-state index contributed by atoms with van der Waals surface area (Å²) in [5.41, 5.74) is 0.561. The maximum absolute atomic E-state index is 11.9. The molecule has 0 aliphatic heterocycles. The molecule has 0 aromatic heterocycles. The number of carboxylic acids is 1. The SMILES string of the molecule is NOC(=O)c1ccc(CCCCCF)cc1C(=O)O. The first-order valence-electron chi connectivity index (χ1n) is 5.93. The van der Waals surface area contributed by atoms with Gasteiger partial charge in [-0.2, -0.15) is 5.90 Å². The van der Waals surface area contributed by atoms with Gasteiger partial charge in [-0.05, 0) is 37.0 Å². The number of nitrogens with two attached hydrogens (primary N) is 1. The van der Waals surface area contributed by atoms with Crippen LogP contribution in [0.15, 0.2) is 18.2 Å². The largest absolute Gasteiger partial charge is 0.478 e. The van der Waals surface area contributed by atoms with Crippen LogP contribution in [0.25, 0.3) is 0 Å². The highest BCUT2D eigenvalue weighted by molar-refractivity contribution is 6.02. The van der Waals surface area contributed by atoms with Crippen molar-refractivity contribution >= 4 is 11.9 Å². The van der Waals surface area contributed by atoms with Crippen molar-refractivity contribution in [3.8, 4) is 0 Å². The number of halogens is 1. The number of carbonyl (C=O) groups excluding carboxylic acids is 1. The molecule has 6 heteroatoms. The van der Waals surface area contributed by atoms with Gasteiger partial charge in [-0.1, -0.05) is 12.5 Å². The third-order valence-corrected chi connectivity index (χ3v) is 2.74. The fraction of sp³-hybridized carbons (Fsp3) is 0.385. The summed E-state index contributed by atoms with van der Waals surface area (Å²) in [4.78, 5) is 26.4. The normalized spacial score (nSPS) is 10.2. The maximum atomic E-state index is 11.9. The monoisotopic (exact) mass is 269 g/mol. The van der Waals surface area contributed by atoms with E-state index in [1.807, 2.05) is 0 Å². The van der Waals surface area contributed by atoms with E-state index < -0.39 is 11.9 Å². The van der Waals surface area contributed by atoms with Gasteiger partial charge in [-0.3, -0.25) is 4.39 Å². The molecule has 0 aliphatic carbocycles. The quantitative estimate of drug-likeness (QED) is 0.584. The molecule has 0 fully saturated rings. The molecule has 0 heterocycles. The maximum Gasteiger partial charge on any atom is 0.357 e. The van der Waals surface area contributed by atoms with Crippen LogP contribution >= 0.6 is 0 Å². The molecule has 0 bridgehead atoms. The Morgan fingerprint density at radius 2 is 1.95 bits per heavy atom. The number of rotatable bonds is 7. The number of aromatic carboxylic acids is 1. The number of hydrogen-bond acceptors (Lipinski definition) is 4. The lowest BCUT2D eigenvalue weighted by atomic mass is 10.0. The summed E-state index contributed by atoms with van der Waals surface area (Å²) in [6.07, 6.45) is 2.65. The number of unbranched alkanes of at least 4 members (excludes halogenated alkanes) is 2. The second kappa shape index (κ2) is 7.48. The fourth-order valence-electron chi connectivity index (χ4n) is 1.77. The molecule has 0 radical (unpaired) electrons. The van der Waals surface area contributed by atoms with Crippen molar-refractivity contribution in [1.29, 1.82) is 0 Å². The van der Waals surface area contributed by atoms with Gasteiger partial charge in [0.1, 0.15) is 0 Å². The molecule has 0 saturated carbocycles. The first-order chi connectivity index (χ1) is 9.10. The van der Waals surface area contributed by atoms with Crippen molar-refractivity contribution in [1.82, 2.24) is 0 Å². The lowest BCUT2D eigenvalue weighted by Crippen LogP contribution is -2.15. The van der Waals surface area contributed by atoms with Gasteiger partial charge in [-0.15, -0.1) is 0 Å². The van der Waals surface area contributed by atoms with Gasteiger partial charge in [-0.25, -0.2) is 9.59 Å². The minimum absolute atomic E-state index is 0.0810. The van der Waals surface area contributed by atoms with E-state index in [-0.39, 0.29) is 17.8 Å². The van der Waals surface area contributed by atoms with Crippen LogP contribution in [0.4, 0.5) is 4.39 Å². The average molecular weight is 269 g/mol. The molecule has 0 spiro atoms. The van der Waals surface area contributed by atoms with E-state index in [4.69, 9.17) is 11.0 Å². The molecule has 0 aliphatic rings. The van der Waals surface area contributed by atoms with E-state index in [0.29, 0.717) is 12.8 Å². The van der Waals surface area contributed by atoms with Crippen LogP contribution in [-0.4, -0.2) is 23.7 Å². The number of alkyl halides is 1. The van der Waals surface area contributed by atoms with Crippen molar-refractivity contribution < 1.29 is 23.9 Å². The van der Waals surface area contributed by atoms with Crippen LogP contribution in [0.5, 0.6) is 0 Å². The summed E-state index contributed by atoms with van der Waals surface area (Å²) < 4.78 is 11.9. The van der Waals surface area contributed by atoms with Crippen LogP contribution in [0.2, 0.25) is 0 Å². The molecule has 3 N–H and O–H groups in total.